The van der Waals surface area contributed by atoms with Gasteiger partial charge in [0.15, 0.2) is 6.10 Å². The van der Waals surface area contributed by atoms with Gasteiger partial charge in [-0.3, -0.25) is 9.59 Å². The lowest BCUT2D eigenvalue weighted by molar-refractivity contribution is -0.139. The molecule has 2 unspecified atom stereocenters. The summed E-state index contributed by atoms with van der Waals surface area (Å²) in [5, 5.41) is 9.39. The number of halogens is 1. The minimum absolute atomic E-state index is 0.0363. The second kappa shape index (κ2) is 6.80. The van der Waals surface area contributed by atoms with Gasteiger partial charge in [0.25, 0.3) is 5.91 Å². The van der Waals surface area contributed by atoms with E-state index in [2.05, 4.69) is 0 Å². The van der Waals surface area contributed by atoms with E-state index >= 15 is 0 Å². The summed E-state index contributed by atoms with van der Waals surface area (Å²) in [7, 11) is 0. The number of carboxylic acids is 1. The predicted molar refractivity (Wildman–Crippen MR) is 78.5 cm³/mol. The molecule has 2 atom stereocenters. The molecule has 1 aliphatic heterocycles. The Labute approximate surface area is 128 Å². The fourth-order valence-corrected chi connectivity index (χ4v) is 2.60. The molecule has 114 valence electrons. The summed E-state index contributed by atoms with van der Waals surface area (Å²) in [5.74, 6) is -0.312. The summed E-state index contributed by atoms with van der Waals surface area (Å²) >= 11 is 5.79. The van der Waals surface area contributed by atoms with Crippen LogP contribution < -0.4 is 4.74 Å². The zero-order valence-electron chi connectivity index (χ0n) is 11.8. The Morgan fingerprint density at radius 3 is 2.71 bits per heavy atom. The van der Waals surface area contributed by atoms with Crippen LogP contribution in [-0.2, 0) is 9.59 Å². The number of carbonyl (C=O) groups excluding carboxylic acids is 1. The first-order valence-corrected chi connectivity index (χ1v) is 7.26. The fourth-order valence-electron chi connectivity index (χ4n) is 2.47. The average Bonchev–Trinajstić information content (AvgIpc) is 2.88. The monoisotopic (exact) mass is 311 g/mol. The first-order chi connectivity index (χ1) is 9.95. The lowest BCUT2D eigenvalue weighted by Crippen LogP contribution is -2.39. The summed E-state index contributed by atoms with van der Waals surface area (Å²) in [5.41, 5.74) is 0. The van der Waals surface area contributed by atoms with Gasteiger partial charge in [0.1, 0.15) is 5.75 Å². The van der Waals surface area contributed by atoms with Crippen LogP contribution in [-0.4, -0.2) is 41.1 Å². The minimum Gasteiger partial charge on any atom is -0.481 e. The number of benzene rings is 1. The van der Waals surface area contributed by atoms with Crippen LogP contribution in [0.1, 0.15) is 19.8 Å². The van der Waals surface area contributed by atoms with Crippen molar-refractivity contribution in [3.05, 3.63) is 29.3 Å². The van der Waals surface area contributed by atoms with Crippen LogP contribution in [0.25, 0.3) is 0 Å². The van der Waals surface area contributed by atoms with Crippen LogP contribution in [0.15, 0.2) is 24.3 Å². The average molecular weight is 312 g/mol. The number of likely N-dealkylation sites (tertiary alicyclic amines) is 1. The Morgan fingerprint density at radius 1 is 1.43 bits per heavy atom. The third kappa shape index (κ3) is 4.36. The zero-order chi connectivity index (χ0) is 15.4. The first-order valence-electron chi connectivity index (χ1n) is 6.88. The normalized spacial score (nSPS) is 19.3. The molecule has 0 aromatic heterocycles. The summed E-state index contributed by atoms with van der Waals surface area (Å²) in [4.78, 5) is 24.6. The van der Waals surface area contributed by atoms with E-state index in [0.717, 1.165) is 6.42 Å². The molecule has 1 aliphatic rings. The Kier molecular flexibility index (Phi) is 5.07. The number of aliphatic carboxylic acids is 1. The van der Waals surface area contributed by atoms with E-state index in [1.54, 1.807) is 36.1 Å². The molecule has 1 aromatic carbocycles. The smallest absolute Gasteiger partial charge is 0.303 e. The van der Waals surface area contributed by atoms with E-state index in [4.69, 9.17) is 21.4 Å². The summed E-state index contributed by atoms with van der Waals surface area (Å²) in [6.07, 6.45) is 0.233. The van der Waals surface area contributed by atoms with Crippen molar-refractivity contribution < 1.29 is 19.4 Å². The van der Waals surface area contributed by atoms with Crippen LogP contribution in [0.5, 0.6) is 5.75 Å². The Bertz CT molecular complexity index is 517. The predicted octanol–water partition coefficient (Wildman–Crippen LogP) is 2.43. The van der Waals surface area contributed by atoms with Gasteiger partial charge in [-0.2, -0.15) is 0 Å². The molecule has 0 bridgehead atoms. The molecule has 1 heterocycles. The summed E-state index contributed by atoms with van der Waals surface area (Å²) < 4.78 is 5.59. The highest BCUT2D eigenvalue weighted by Crippen LogP contribution is 2.22. The topological polar surface area (TPSA) is 66.8 Å². The second-order valence-electron chi connectivity index (χ2n) is 5.25. The summed E-state index contributed by atoms with van der Waals surface area (Å²) in [6, 6.07) is 6.83. The molecule has 21 heavy (non-hydrogen) atoms. The molecule has 1 amide bonds. The molecule has 1 N–H and O–H groups in total. The molecule has 5 nitrogen and oxygen atoms in total. The molecular formula is C15H18ClNO4. The van der Waals surface area contributed by atoms with Crippen molar-refractivity contribution >= 4 is 23.5 Å². The van der Waals surface area contributed by atoms with E-state index in [1.165, 1.54) is 0 Å². The maximum Gasteiger partial charge on any atom is 0.303 e. The van der Waals surface area contributed by atoms with Crippen LogP contribution in [0.4, 0.5) is 0 Å². The van der Waals surface area contributed by atoms with E-state index in [9.17, 15) is 9.59 Å². The SMILES string of the molecule is CC(Oc1ccc(Cl)cc1)C(=O)N1CCC(CC(=O)O)C1. The highest BCUT2D eigenvalue weighted by atomic mass is 35.5. The van der Waals surface area contributed by atoms with Gasteiger partial charge in [-0.05, 0) is 43.5 Å². The third-order valence-electron chi connectivity index (χ3n) is 3.54. The molecule has 0 saturated carbocycles. The number of nitrogens with zero attached hydrogens (tertiary/aromatic N) is 1. The Balaban J connectivity index is 1.88. The minimum atomic E-state index is -0.820. The van der Waals surface area contributed by atoms with Crippen molar-refractivity contribution in [3.8, 4) is 5.75 Å². The number of carboxylic acid groups (broad SMARTS) is 1. The largest absolute Gasteiger partial charge is 0.481 e. The van der Waals surface area contributed by atoms with Crippen molar-refractivity contribution in [1.29, 1.82) is 0 Å². The van der Waals surface area contributed by atoms with Crippen molar-refractivity contribution in [1.82, 2.24) is 4.90 Å². The molecule has 1 fully saturated rings. The third-order valence-corrected chi connectivity index (χ3v) is 3.79. The van der Waals surface area contributed by atoms with Gasteiger partial charge in [-0.1, -0.05) is 11.6 Å². The number of rotatable bonds is 5. The molecule has 0 radical (unpaired) electrons. The number of amides is 1. The fraction of sp³-hybridized carbons (Fsp3) is 0.467. The molecule has 1 aromatic rings. The van der Waals surface area contributed by atoms with Crippen LogP contribution in [0.3, 0.4) is 0 Å². The maximum absolute atomic E-state index is 12.3. The van der Waals surface area contributed by atoms with Gasteiger partial charge in [0.05, 0.1) is 0 Å². The maximum atomic E-state index is 12.3. The standard InChI is InChI=1S/C15H18ClNO4/c1-10(21-13-4-2-12(16)3-5-13)15(20)17-7-6-11(9-17)8-14(18)19/h2-5,10-11H,6-9H2,1H3,(H,18,19). The van der Waals surface area contributed by atoms with Crippen molar-refractivity contribution in [2.75, 3.05) is 13.1 Å². The van der Waals surface area contributed by atoms with E-state index in [1.807, 2.05) is 0 Å². The van der Waals surface area contributed by atoms with Gasteiger partial charge in [0.2, 0.25) is 0 Å². The highest BCUT2D eigenvalue weighted by Gasteiger charge is 2.30. The van der Waals surface area contributed by atoms with Crippen molar-refractivity contribution in [2.24, 2.45) is 5.92 Å². The van der Waals surface area contributed by atoms with Gasteiger partial charge in [-0.15, -0.1) is 0 Å². The first kappa shape index (κ1) is 15.6. The number of carbonyl (C=O) groups is 2. The lowest BCUT2D eigenvalue weighted by atomic mass is 10.1. The molecule has 0 spiro atoms. The number of hydrogen-bond acceptors (Lipinski definition) is 3. The van der Waals surface area contributed by atoms with Crippen LogP contribution in [0.2, 0.25) is 5.02 Å². The van der Waals surface area contributed by atoms with E-state index in [-0.39, 0.29) is 18.2 Å². The highest BCUT2D eigenvalue weighted by molar-refractivity contribution is 6.30. The number of hydrogen-bond donors (Lipinski definition) is 1. The van der Waals surface area contributed by atoms with Crippen LogP contribution >= 0.6 is 11.6 Å². The molecule has 1 saturated heterocycles. The molecule has 2 rings (SSSR count). The second-order valence-corrected chi connectivity index (χ2v) is 5.69. The quantitative estimate of drug-likeness (QED) is 0.907. The lowest BCUT2D eigenvalue weighted by Gasteiger charge is -2.21. The van der Waals surface area contributed by atoms with Gasteiger partial charge >= 0.3 is 5.97 Å². The van der Waals surface area contributed by atoms with E-state index in [0.29, 0.717) is 23.9 Å². The zero-order valence-corrected chi connectivity index (χ0v) is 12.5. The van der Waals surface area contributed by atoms with Gasteiger partial charge < -0.3 is 14.7 Å². The summed E-state index contributed by atoms with van der Waals surface area (Å²) in [6.45, 7) is 2.77. The Hall–Kier alpha value is -1.75. The number of ether oxygens (including phenoxy) is 1. The van der Waals surface area contributed by atoms with Gasteiger partial charge in [-0.25, -0.2) is 0 Å². The van der Waals surface area contributed by atoms with Crippen LogP contribution in [0, 0.1) is 5.92 Å². The Morgan fingerprint density at radius 2 is 2.10 bits per heavy atom. The van der Waals surface area contributed by atoms with Crippen molar-refractivity contribution in [2.45, 2.75) is 25.9 Å². The molecule has 0 aliphatic carbocycles. The molecule has 6 heteroatoms. The van der Waals surface area contributed by atoms with Gasteiger partial charge in [0, 0.05) is 24.5 Å². The van der Waals surface area contributed by atoms with Crippen molar-refractivity contribution in [3.63, 3.8) is 0 Å². The van der Waals surface area contributed by atoms with E-state index < -0.39 is 12.1 Å². The molecular weight excluding hydrogens is 294 g/mol.